The Balaban J connectivity index is 0.00000100. The van der Waals surface area contributed by atoms with Crippen molar-refractivity contribution < 1.29 is 0 Å². The highest BCUT2D eigenvalue weighted by atomic mass is 127. The molecular weight excluding hydrogens is 432 g/mol. The van der Waals surface area contributed by atoms with Crippen LogP contribution in [-0.2, 0) is 6.54 Å². The Bertz CT molecular complexity index is 816. The summed E-state index contributed by atoms with van der Waals surface area (Å²) in [6, 6.07) is 6.30. The summed E-state index contributed by atoms with van der Waals surface area (Å²) in [7, 11) is 4.11. The molecule has 0 saturated heterocycles. The van der Waals surface area contributed by atoms with Crippen LogP contribution in [0.4, 0.5) is 0 Å². The fourth-order valence-electron chi connectivity index (χ4n) is 2.44. The Morgan fingerprint density at radius 3 is 2.62 bits per heavy atom. The second-order valence-corrected chi connectivity index (χ2v) is 7.51. The first kappa shape index (κ1) is 19.2. The summed E-state index contributed by atoms with van der Waals surface area (Å²) in [5.41, 5.74) is 6.21. The number of hydrogen-bond acceptors (Lipinski definition) is 4. The van der Waals surface area contributed by atoms with E-state index in [1.807, 2.05) is 43.7 Å². The van der Waals surface area contributed by atoms with Gasteiger partial charge in [-0.05, 0) is 66.8 Å². The van der Waals surface area contributed by atoms with Gasteiger partial charge in [0.2, 0.25) is 0 Å². The van der Waals surface area contributed by atoms with Crippen LogP contribution in [0.25, 0.3) is 22.3 Å². The predicted molar refractivity (Wildman–Crippen MR) is 112 cm³/mol. The molecule has 3 aromatic rings. The third kappa shape index (κ3) is 4.29. The monoisotopic (exact) mass is 455 g/mol. The van der Waals surface area contributed by atoms with Gasteiger partial charge in [0, 0.05) is 24.5 Å². The lowest BCUT2D eigenvalue weighted by atomic mass is 10.1. The molecule has 3 rings (SSSR count). The maximum Gasteiger partial charge on any atom is 0.112 e. The first-order chi connectivity index (χ1) is 11.6. The summed E-state index contributed by atoms with van der Waals surface area (Å²) < 4.78 is 2.00. The maximum atomic E-state index is 4.80. The summed E-state index contributed by atoms with van der Waals surface area (Å²) in [6.45, 7) is 6.88. The van der Waals surface area contributed by atoms with Gasteiger partial charge in [0.15, 0.2) is 0 Å². The van der Waals surface area contributed by atoms with Crippen LogP contribution in [0.3, 0.4) is 0 Å². The normalized spacial score (nSPS) is 11.3. The van der Waals surface area contributed by atoms with Crippen molar-refractivity contribution in [3.8, 4) is 11.3 Å². The van der Waals surface area contributed by atoms with Crippen molar-refractivity contribution in [1.29, 1.82) is 0 Å². The molecule has 128 valence electrons. The van der Waals surface area contributed by atoms with E-state index in [1.54, 1.807) is 0 Å². The van der Waals surface area contributed by atoms with Crippen molar-refractivity contribution in [2.75, 3.05) is 14.1 Å². The molecule has 0 radical (unpaired) electrons. The molecule has 0 amide bonds. The molecule has 0 fully saturated rings. The second kappa shape index (κ2) is 8.83. The van der Waals surface area contributed by atoms with E-state index in [1.165, 1.54) is 5.56 Å². The van der Waals surface area contributed by atoms with Crippen molar-refractivity contribution in [3.63, 3.8) is 0 Å². The number of nitrogens with zero attached hydrogens (tertiary/aromatic N) is 5. The van der Waals surface area contributed by atoms with Crippen LogP contribution in [0, 0.1) is 6.92 Å². The first-order valence-electron chi connectivity index (χ1n) is 7.90. The van der Waals surface area contributed by atoms with Crippen LogP contribution in [0.1, 0.15) is 25.1 Å². The Kier molecular flexibility index (Phi) is 7.07. The Labute approximate surface area is 158 Å². The molecule has 24 heavy (non-hydrogen) atoms. The van der Waals surface area contributed by atoms with Gasteiger partial charge in [-0.15, -0.1) is 0 Å². The van der Waals surface area contributed by atoms with E-state index in [4.69, 9.17) is 4.98 Å². The quantitative estimate of drug-likeness (QED) is 0.424. The largest absolute Gasteiger partial charge is 0.305 e. The summed E-state index contributed by atoms with van der Waals surface area (Å²) >= 11 is 2.34. The van der Waals surface area contributed by atoms with Gasteiger partial charge in [0.05, 0.1) is 23.3 Å². The summed E-state index contributed by atoms with van der Waals surface area (Å²) in [4.78, 5) is 11.3. The Hall–Kier alpha value is -1.11. The molecular formula is C17H23IN5P. The zero-order valence-electron chi connectivity index (χ0n) is 14.7. The molecule has 5 nitrogen and oxygen atoms in total. The van der Waals surface area contributed by atoms with Gasteiger partial charge < -0.3 is 4.90 Å². The lowest BCUT2D eigenvalue weighted by Crippen LogP contribution is -2.10. The third-order valence-electron chi connectivity index (χ3n) is 3.36. The minimum Gasteiger partial charge on any atom is -0.305 e. The SMILES string of the molecule is CC.Cc1nn(PI)c2ccc(-c3cncc(CN(C)C)c3)nc12. The molecule has 0 aliphatic carbocycles. The molecule has 1 unspecified atom stereocenters. The molecule has 0 aliphatic rings. The van der Waals surface area contributed by atoms with Gasteiger partial charge in [0.1, 0.15) is 5.52 Å². The number of aryl methyl sites for hydroxylation is 1. The molecule has 3 heterocycles. The van der Waals surface area contributed by atoms with Crippen molar-refractivity contribution in [2.24, 2.45) is 0 Å². The molecule has 0 aliphatic heterocycles. The number of pyridine rings is 2. The molecule has 0 spiro atoms. The average molecular weight is 455 g/mol. The zero-order valence-corrected chi connectivity index (χ0v) is 17.9. The molecule has 0 bridgehead atoms. The molecule has 7 heteroatoms. The fraction of sp³-hybridized carbons (Fsp3) is 0.353. The van der Waals surface area contributed by atoms with Crippen LogP contribution >= 0.6 is 28.4 Å². The van der Waals surface area contributed by atoms with Gasteiger partial charge >= 0.3 is 0 Å². The highest BCUT2D eigenvalue weighted by molar-refractivity contribution is 14.2. The molecule has 3 aromatic heterocycles. The zero-order chi connectivity index (χ0) is 17.7. The van der Waals surface area contributed by atoms with Crippen molar-refractivity contribution in [3.05, 3.63) is 41.9 Å². The minimum atomic E-state index is 0.581. The first-order valence-corrected chi connectivity index (χ1v) is 12.0. The van der Waals surface area contributed by atoms with Gasteiger partial charge in [0.25, 0.3) is 0 Å². The number of hydrogen-bond donors (Lipinski definition) is 0. The Morgan fingerprint density at radius 2 is 1.96 bits per heavy atom. The van der Waals surface area contributed by atoms with Crippen LogP contribution in [0.15, 0.2) is 30.6 Å². The van der Waals surface area contributed by atoms with Gasteiger partial charge in [-0.2, -0.15) is 5.10 Å². The molecule has 0 aromatic carbocycles. The lowest BCUT2D eigenvalue weighted by molar-refractivity contribution is 0.402. The van der Waals surface area contributed by atoms with Crippen LogP contribution in [0.2, 0.25) is 0 Å². The number of rotatable bonds is 4. The molecule has 0 N–H and O–H groups in total. The summed E-state index contributed by atoms with van der Waals surface area (Å²) in [5.74, 6) is 0. The standard InChI is InChI=1S/C15H17IN5P.C2H6/c1-10-15-14(21(19-10)22-16)5-4-13(18-15)12-6-11(7-17-8-12)9-20(2)3;1-2/h4-8,22H,9H2,1-3H3;1-2H3. The second-order valence-electron chi connectivity index (χ2n) is 5.47. The number of fused-ring (bicyclic) bond motifs is 1. The smallest absolute Gasteiger partial charge is 0.112 e. The lowest BCUT2D eigenvalue weighted by Gasteiger charge is -2.10. The van der Waals surface area contributed by atoms with Gasteiger partial charge in [-0.3, -0.25) is 4.98 Å². The predicted octanol–water partition coefficient (Wildman–Crippen LogP) is 4.68. The highest BCUT2D eigenvalue weighted by Crippen LogP contribution is 2.30. The molecule has 0 saturated carbocycles. The topological polar surface area (TPSA) is 46.8 Å². The van der Waals surface area contributed by atoms with E-state index < -0.39 is 0 Å². The molecule has 1 atom stereocenters. The summed E-state index contributed by atoms with van der Waals surface area (Å²) in [5, 5.41) is 4.54. The van der Waals surface area contributed by atoms with E-state index in [9.17, 15) is 0 Å². The number of aromatic nitrogens is 4. The Morgan fingerprint density at radius 1 is 1.21 bits per heavy atom. The van der Waals surface area contributed by atoms with Gasteiger partial charge in [-0.25, -0.2) is 9.44 Å². The maximum absolute atomic E-state index is 4.80. The van der Waals surface area contributed by atoms with Crippen LogP contribution in [0.5, 0.6) is 0 Å². The van der Waals surface area contributed by atoms with Crippen LogP contribution in [-0.4, -0.2) is 38.5 Å². The fourth-order valence-corrected chi connectivity index (χ4v) is 4.01. The average Bonchev–Trinajstić information content (AvgIpc) is 2.92. The number of halogens is 1. The van der Waals surface area contributed by atoms with E-state index >= 15 is 0 Å². The van der Waals surface area contributed by atoms with E-state index in [0.29, 0.717) is 6.37 Å². The highest BCUT2D eigenvalue weighted by Gasteiger charge is 2.10. The van der Waals surface area contributed by atoms with E-state index in [2.05, 4.69) is 63.3 Å². The van der Waals surface area contributed by atoms with Crippen molar-refractivity contribution in [1.82, 2.24) is 24.4 Å². The third-order valence-corrected chi connectivity index (χ3v) is 5.24. The van der Waals surface area contributed by atoms with E-state index in [-0.39, 0.29) is 0 Å². The minimum absolute atomic E-state index is 0.581. The van der Waals surface area contributed by atoms with Crippen molar-refractivity contribution >= 4 is 39.4 Å². The van der Waals surface area contributed by atoms with Gasteiger partial charge in [-0.1, -0.05) is 13.8 Å². The van der Waals surface area contributed by atoms with Crippen molar-refractivity contribution in [2.45, 2.75) is 27.3 Å². The van der Waals surface area contributed by atoms with Crippen LogP contribution < -0.4 is 0 Å². The summed E-state index contributed by atoms with van der Waals surface area (Å²) in [6.07, 6.45) is 4.35. The van der Waals surface area contributed by atoms with E-state index in [0.717, 1.165) is 34.5 Å².